The van der Waals surface area contributed by atoms with Gasteiger partial charge in [0, 0.05) is 5.92 Å². The lowest BCUT2D eigenvalue weighted by molar-refractivity contribution is -0.156. The third kappa shape index (κ3) is 10.1. The number of allylic oxidation sites excluding steroid dienone is 4. The Hall–Kier alpha value is -1.62. The smallest absolute Gasteiger partial charge is 0.318 e. The molecule has 0 aliphatic carbocycles. The number of carbonyl (C=O) groups is 2. The molecule has 0 saturated carbocycles. The van der Waals surface area contributed by atoms with Crippen LogP contribution in [0.3, 0.4) is 0 Å². The number of hydrogen-bond acceptors (Lipinski definition) is 3. The van der Waals surface area contributed by atoms with E-state index >= 15 is 0 Å². The van der Waals surface area contributed by atoms with Crippen LogP contribution in [0.4, 0.5) is 0 Å². The van der Waals surface area contributed by atoms with Crippen LogP contribution in [-0.2, 0) is 9.59 Å². The van der Waals surface area contributed by atoms with Crippen LogP contribution in [0.15, 0.2) is 23.3 Å². The minimum Gasteiger partial charge on any atom is -0.481 e. The predicted molar refractivity (Wildman–Crippen MR) is 102 cm³/mol. The van der Waals surface area contributed by atoms with Gasteiger partial charge in [-0.15, -0.1) is 0 Å². The van der Waals surface area contributed by atoms with E-state index in [9.17, 15) is 19.8 Å². The largest absolute Gasteiger partial charge is 0.481 e. The van der Waals surface area contributed by atoms with Crippen molar-refractivity contribution in [1.29, 1.82) is 0 Å². The van der Waals surface area contributed by atoms with Gasteiger partial charge in [-0.05, 0) is 66.1 Å². The van der Waals surface area contributed by atoms with Gasteiger partial charge in [-0.25, -0.2) is 0 Å². The highest BCUT2D eigenvalue weighted by Crippen LogP contribution is 2.24. The maximum atomic E-state index is 11.4. The van der Waals surface area contributed by atoms with Crippen molar-refractivity contribution in [2.24, 2.45) is 11.8 Å². The fourth-order valence-corrected chi connectivity index (χ4v) is 2.95. The number of carboxylic acids is 2. The fourth-order valence-electron chi connectivity index (χ4n) is 2.95. The number of carboxylic acid groups (broad SMARTS) is 2. The van der Waals surface area contributed by atoms with Crippen molar-refractivity contribution in [1.82, 2.24) is 4.90 Å². The molecule has 25 heavy (non-hydrogen) atoms. The molecule has 2 N–H and O–H groups in total. The van der Waals surface area contributed by atoms with E-state index in [-0.39, 0.29) is 0 Å². The maximum absolute atomic E-state index is 11.4. The highest BCUT2D eigenvalue weighted by Gasteiger charge is 2.33. The molecule has 0 aromatic heterocycles. The molecule has 5 nitrogen and oxygen atoms in total. The zero-order valence-electron chi connectivity index (χ0n) is 16.4. The van der Waals surface area contributed by atoms with Crippen molar-refractivity contribution in [3.63, 3.8) is 0 Å². The second-order valence-electron chi connectivity index (χ2n) is 6.82. The Morgan fingerprint density at radius 3 is 2.04 bits per heavy atom. The molecule has 1 atom stereocenters. The van der Waals surface area contributed by atoms with Gasteiger partial charge in [0.15, 0.2) is 5.92 Å². The zero-order chi connectivity index (χ0) is 19.4. The summed E-state index contributed by atoms with van der Waals surface area (Å²) in [5.41, 5.74) is 2.30. The van der Waals surface area contributed by atoms with E-state index in [1.165, 1.54) is 5.57 Å². The molecule has 0 aromatic carbocycles. The molecule has 0 aromatic rings. The van der Waals surface area contributed by atoms with Gasteiger partial charge < -0.3 is 15.1 Å². The summed E-state index contributed by atoms with van der Waals surface area (Å²) in [6.45, 7) is 13.0. The van der Waals surface area contributed by atoms with Crippen LogP contribution in [0.2, 0.25) is 0 Å². The standard InChI is InChI=1S/C20H35NO4/c1-6-21(7-2)13-9-12-17(18(19(22)23)20(24)25)14-16(5)11-8-10-15(3)4/h10,14,17-18H,6-9,11-13H2,1-5H3,(H,22,23)(H,24,25)/b16-14+. The van der Waals surface area contributed by atoms with Crippen molar-refractivity contribution in [3.8, 4) is 0 Å². The van der Waals surface area contributed by atoms with Gasteiger partial charge in [0.05, 0.1) is 0 Å². The molecule has 0 aliphatic heterocycles. The maximum Gasteiger partial charge on any atom is 0.318 e. The highest BCUT2D eigenvalue weighted by atomic mass is 16.4. The van der Waals surface area contributed by atoms with Gasteiger partial charge in [0.25, 0.3) is 0 Å². The molecular weight excluding hydrogens is 318 g/mol. The van der Waals surface area contributed by atoms with Gasteiger partial charge in [0.1, 0.15) is 0 Å². The first-order valence-corrected chi connectivity index (χ1v) is 9.21. The van der Waals surface area contributed by atoms with E-state index in [1.807, 2.05) is 26.8 Å². The van der Waals surface area contributed by atoms with Crippen LogP contribution in [0.1, 0.15) is 60.3 Å². The molecule has 0 saturated heterocycles. The SMILES string of the molecule is CCN(CC)CCCC(/C=C(\C)CCC=C(C)C)C(C(=O)O)C(=O)O. The Labute approximate surface area is 152 Å². The Kier molecular flexibility index (Phi) is 11.9. The lowest BCUT2D eigenvalue weighted by atomic mass is 9.86. The van der Waals surface area contributed by atoms with Crippen LogP contribution >= 0.6 is 0 Å². The van der Waals surface area contributed by atoms with Crippen molar-refractivity contribution in [2.45, 2.75) is 60.3 Å². The summed E-state index contributed by atoms with van der Waals surface area (Å²) in [5, 5.41) is 18.7. The van der Waals surface area contributed by atoms with E-state index in [1.54, 1.807) is 0 Å². The molecule has 0 spiro atoms. The van der Waals surface area contributed by atoms with Crippen LogP contribution in [0.25, 0.3) is 0 Å². The highest BCUT2D eigenvalue weighted by molar-refractivity contribution is 5.93. The third-order valence-corrected chi connectivity index (χ3v) is 4.46. The minimum absolute atomic E-state index is 0.475. The predicted octanol–water partition coefficient (Wildman–Crippen LogP) is 4.20. The molecule has 0 bridgehead atoms. The summed E-state index contributed by atoms with van der Waals surface area (Å²) < 4.78 is 0. The average Bonchev–Trinajstić information content (AvgIpc) is 2.50. The van der Waals surface area contributed by atoms with E-state index in [0.29, 0.717) is 6.42 Å². The lowest BCUT2D eigenvalue weighted by Gasteiger charge is -2.22. The molecule has 1 unspecified atom stereocenters. The first-order valence-electron chi connectivity index (χ1n) is 9.21. The quantitative estimate of drug-likeness (QED) is 0.383. The van der Waals surface area contributed by atoms with Gasteiger partial charge >= 0.3 is 11.9 Å². The summed E-state index contributed by atoms with van der Waals surface area (Å²) >= 11 is 0. The first kappa shape index (κ1) is 23.4. The number of nitrogens with zero attached hydrogens (tertiary/aromatic N) is 1. The van der Waals surface area contributed by atoms with Crippen LogP contribution < -0.4 is 0 Å². The van der Waals surface area contributed by atoms with Crippen LogP contribution in [0, 0.1) is 11.8 Å². The molecule has 0 fully saturated rings. The fraction of sp³-hybridized carbons (Fsp3) is 0.700. The Balaban J connectivity index is 5.08. The van der Waals surface area contributed by atoms with Crippen molar-refractivity contribution in [3.05, 3.63) is 23.3 Å². The van der Waals surface area contributed by atoms with Gasteiger partial charge in [-0.1, -0.05) is 37.1 Å². The average molecular weight is 354 g/mol. The van der Waals surface area contributed by atoms with E-state index in [0.717, 1.165) is 44.5 Å². The number of rotatable bonds is 13. The summed E-state index contributed by atoms with van der Waals surface area (Å²) in [5.74, 6) is -4.37. The third-order valence-electron chi connectivity index (χ3n) is 4.46. The Morgan fingerprint density at radius 2 is 1.60 bits per heavy atom. The van der Waals surface area contributed by atoms with Crippen LogP contribution in [0.5, 0.6) is 0 Å². The molecule has 0 radical (unpaired) electrons. The molecule has 0 aliphatic rings. The second kappa shape index (κ2) is 12.7. The van der Waals surface area contributed by atoms with Crippen molar-refractivity contribution in [2.75, 3.05) is 19.6 Å². The summed E-state index contributed by atoms with van der Waals surface area (Å²) in [7, 11) is 0. The molecule has 0 rings (SSSR count). The van der Waals surface area contributed by atoms with Gasteiger partial charge in [-0.2, -0.15) is 0 Å². The molecule has 0 amide bonds. The van der Waals surface area contributed by atoms with Crippen LogP contribution in [-0.4, -0.2) is 46.7 Å². The normalized spacial score (nSPS) is 13.2. The first-order chi connectivity index (χ1) is 11.7. The molecule has 0 heterocycles. The molecule has 144 valence electrons. The van der Waals surface area contributed by atoms with E-state index < -0.39 is 23.8 Å². The monoisotopic (exact) mass is 353 g/mol. The van der Waals surface area contributed by atoms with Gasteiger partial charge in [-0.3, -0.25) is 9.59 Å². The molecule has 5 heteroatoms. The van der Waals surface area contributed by atoms with Gasteiger partial charge in [0.2, 0.25) is 0 Å². The van der Waals surface area contributed by atoms with E-state index in [4.69, 9.17) is 0 Å². The second-order valence-corrected chi connectivity index (χ2v) is 6.82. The minimum atomic E-state index is -1.38. The zero-order valence-corrected chi connectivity index (χ0v) is 16.4. The molecular formula is C20H35NO4. The lowest BCUT2D eigenvalue weighted by Crippen LogP contribution is -2.31. The topological polar surface area (TPSA) is 77.8 Å². The Bertz CT molecular complexity index is 460. The summed E-state index contributed by atoms with van der Waals surface area (Å²) in [6.07, 6.45) is 7.08. The van der Waals surface area contributed by atoms with E-state index in [2.05, 4.69) is 24.8 Å². The Morgan fingerprint density at radius 1 is 1.04 bits per heavy atom. The summed E-state index contributed by atoms with van der Waals surface area (Å²) in [4.78, 5) is 25.2. The number of aliphatic carboxylic acids is 2. The number of hydrogen-bond donors (Lipinski definition) is 2. The summed E-state index contributed by atoms with van der Waals surface area (Å²) in [6, 6.07) is 0. The van der Waals surface area contributed by atoms with Crippen molar-refractivity contribution >= 4 is 11.9 Å². The van der Waals surface area contributed by atoms with Crippen molar-refractivity contribution < 1.29 is 19.8 Å².